The molecule has 116 valence electrons. The molecule has 0 amide bonds. The van der Waals surface area contributed by atoms with E-state index in [-0.39, 0.29) is 0 Å². The molecule has 1 nitrogen and oxygen atoms in total. The number of rotatable bonds is 3. The SMILES string of the molecule is Brc1cccc(N(c2ccccc2)c2cccc3ccccc23)c1. The largest absolute Gasteiger partial charge is 0.310 e. The van der Waals surface area contributed by atoms with Gasteiger partial charge in [0.15, 0.2) is 0 Å². The lowest BCUT2D eigenvalue weighted by Gasteiger charge is -2.27. The third-order valence-corrected chi connectivity index (χ3v) is 4.58. The molecule has 4 aromatic carbocycles. The van der Waals surface area contributed by atoms with Gasteiger partial charge in [-0.1, -0.05) is 76.6 Å². The van der Waals surface area contributed by atoms with Crippen LogP contribution in [0.3, 0.4) is 0 Å². The normalized spacial score (nSPS) is 10.7. The summed E-state index contributed by atoms with van der Waals surface area (Å²) in [6.07, 6.45) is 0. The number of benzene rings is 4. The van der Waals surface area contributed by atoms with E-state index in [0.717, 1.165) is 15.8 Å². The average Bonchev–Trinajstić information content (AvgIpc) is 2.63. The minimum atomic E-state index is 1.07. The van der Waals surface area contributed by atoms with Crippen molar-refractivity contribution in [2.45, 2.75) is 0 Å². The number of hydrogen-bond acceptors (Lipinski definition) is 1. The lowest BCUT2D eigenvalue weighted by Crippen LogP contribution is -2.10. The summed E-state index contributed by atoms with van der Waals surface area (Å²) in [5.41, 5.74) is 3.45. The van der Waals surface area contributed by atoms with E-state index in [1.54, 1.807) is 0 Å². The quantitative estimate of drug-likeness (QED) is 0.371. The summed E-state index contributed by atoms with van der Waals surface area (Å²) < 4.78 is 1.07. The molecule has 0 saturated heterocycles. The van der Waals surface area contributed by atoms with Crippen LogP contribution in [0.4, 0.5) is 17.1 Å². The predicted molar refractivity (Wildman–Crippen MR) is 106 cm³/mol. The Morgan fingerprint density at radius 3 is 2.08 bits per heavy atom. The van der Waals surface area contributed by atoms with Crippen LogP contribution in [-0.2, 0) is 0 Å². The lowest BCUT2D eigenvalue weighted by atomic mass is 10.1. The predicted octanol–water partition coefficient (Wildman–Crippen LogP) is 7.07. The first kappa shape index (κ1) is 15.0. The zero-order chi connectivity index (χ0) is 16.4. The highest BCUT2D eigenvalue weighted by molar-refractivity contribution is 9.10. The second-order valence-corrected chi connectivity index (χ2v) is 6.56. The van der Waals surface area contributed by atoms with Crippen molar-refractivity contribution in [3.8, 4) is 0 Å². The van der Waals surface area contributed by atoms with Gasteiger partial charge in [0.2, 0.25) is 0 Å². The Morgan fingerprint density at radius 2 is 1.25 bits per heavy atom. The second-order valence-electron chi connectivity index (χ2n) is 5.65. The summed E-state index contributed by atoms with van der Waals surface area (Å²) in [4.78, 5) is 2.30. The molecule has 4 aromatic rings. The maximum absolute atomic E-state index is 3.60. The monoisotopic (exact) mass is 373 g/mol. The summed E-state index contributed by atoms with van der Waals surface area (Å²) in [7, 11) is 0. The van der Waals surface area contributed by atoms with Crippen molar-refractivity contribution in [1.29, 1.82) is 0 Å². The smallest absolute Gasteiger partial charge is 0.0540 e. The van der Waals surface area contributed by atoms with Crippen LogP contribution in [0.15, 0.2) is 102 Å². The fourth-order valence-corrected chi connectivity index (χ4v) is 3.41. The second kappa shape index (κ2) is 6.50. The maximum atomic E-state index is 3.60. The molecule has 4 rings (SSSR count). The van der Waals surface area contributed by atoms with Crippen molar-refractivity contribution in [3.05, 3.63) is 102 Å². The molecule has 0 aromatic heterocycles. The van der Waals surface area contributed by atoms with Crippen LogP contribution in [0.2, 0.25) is 0 Å². The van der Waals surface area contributed by atoms with Gasteiger partial charge in [0, 0.05) is 21.2 Å². The molecule has 0 heterocycles. The molecule has 0 atom stereocenters. The zero-order valence-corrected chi connectivity index (χ0v) is 14.6. The highest BCUT2D eigenvalue weighted by Gasteiger charge is 2.14. The molecule has 0 aliphatic carbocycles. The van der Waals surface area contributed by atoms with Gasteiger partial charge < -0.3 is 4.90 Å². The Kier molecular flexibility index (Phi) is 4.06. The van der Waals surface area contributed by atoms with Crippen LogP contribution in [0, 0.1) is 0 Å². The number of halogens is 1. The van der Waals surface area contributed by atoms with Crippen molar-refractivity contribution >= 4 is 43.8 Å². The van der Waals surface area contributed by atoms with E-state index < -0.39 is 0 Å². The lowest BCUT2D eigenvalue weighted by molar-refractivity contribution is 1.29. The van der Waals surface area contributed by atoms with Gasteiger partial charge in [-0.05, 0) is 41.8 Å². The van der Waals surface area contributed by atoms with Crippen molar-refractivity contribution in [2.24, 2.45) is 0 Å². The minimum Gasteiger partial charge on any atom is -0.310 e. The van der Waals surface area contributed by atoms with Gasteiger partial charge in [-0.3, -0.25) is 0 Å². The molecule has 0 radical (unpaired) electrons. The molecular weight excluding hydrogens is 358 g/mol. The summed E-state index contributed by atoms with van der Waals surface area (Å²) in [6.45, 7) is 0. The third-order valence-electron chi connectivity index (χ3n) is 4.09. The summed E-state index contributed by atoms with van der Waals surface area (Å²) in [5, 5.41) is 2.48. The van der Waals surface area contributed by atoms with Gasteiger partial charge in [-0.25, -0.2) is 0 Å². The van der Waals surface area contributed by atoms with E-state index in [0.29, 0.717) is 0 Å². The first-order chi connectivity index (χ1) is 11.8. The molecule has 24 heavy (non-hydrogen) atoms. The number of hydrogen-bond donors (Lipinski definition) is 0. The number of nitrogens with zero attached hydrogens (tertiary/aromatic N) is 1. The summed E-state index contributed by atoms with van der Waals surface area (Å²) >= 11 is 3.60. The fraction of sp³-hybridized carbons (Fsp3) is 0. The van der Waals surface area contributed by atoms with Gasteiger partial charge in [0.05, 0.1) is 5.69 Å². The Bertz CT molecular complexity index is 974. The van der Waals surface area contributed by atoms with Crippen molar-refractivity contribution < 1.29 is 0 Å². The van der Waals surface area contributed by atoms with Gasteiger partial charge in [-0.2, -0.15) is 0 Å². The van der Waals surface area contributed by atoms with Crippen LogP contribution in [0.1, 0.15) is 0 Å². The summed E-state index contributed by atoms with van der Waals surface area (Å²) in [5.74, 6) is 0. The molecule has 0 bridgehead atoms. The number of para-hydroxylation sites is 1. The molecule has 0 unspecified atom stereocenters. The standard InChI is InChI=1S/C22H16BrN/c23-18-10-7-13-20(16-18)24(19-11-2-1-3-12-19)22-15-6-9-17-8-4-5-14-21(17)22/h1-16H. The number of anilines is 3. The molecule has 0 spiro atoms. The van der Waals surface area contributed by atoms with Crippen molar-refractivity contribution in [2.75, 3.05) is 4.90 Å². The van der Waals surface area contributed by atoms with E-state index in [1.807, 2.05) is 6.07 Å². The van der Waals surface area contributed by atoms with Crippen molar-refractivity contribution in [1.82, 2.24) is 0 Å². The van der Waals surface area contributed by atoms with Gasteiger partial charge in [0.1, 0.15) is 0 Å². The highest BCUT2D eigenvalue weighted by atomic mass is 79.9. The first-order valence-electron chi connectivity index (χ1n) is 7.91. The molecule has 0 fully saturated rings. The average molecular weight is 374 g/mol. The van der Waals surface area contributed by atoms with E-state index in [9.17, 15) is 0 Å². The molecule has 0 N–H and O–H groups in total. The number of fused-ring (bicyclic) bond motifs is 1. The molecule has 0 saturated carbocycles. The molecule has 0 aliphatic rings. The summed E-state index contributed by atoms with van der Waals surface area (Å²) in [6, 6.07) is 33.8. The van der Waals surface area contributed by atoms with Gasteiger partial charge in [0.25, 0.3) is 0 Å². The van der Waals surface area contributed by atoms with E-state index in [2.05, 4.69) is 112 Å². The topological polar surface area (TPSA) is 3.24 Å². The van der Waals surface area contributed by atoms with Crippen LogP contribution in [-0.4, -0.2) is 0 Å². The zero-order valence-electron chi connectivity index (χ0n) is 13.1. The van der Waals surface area contributed by atoms with E-state index in [4.69, 9.17) is 0 Å². The first-order valence-corrected chi connectivity index (χ1v) is 8.71. The van der Waals surface area contributed by atoms with Gasteiger partial charge in [-0.15, -0.1) is 0 Å². The molecule has 2 heteroatoms. The van der Waals surface area contributed by atoms with Gasteiger partial charge >= 0.3 is 0 Å². The Hall–Kier alpha value is -2.58. The van der Waals surface area contributed by atoms with Crippen LogP contribution >= 0.6 is 15.9 Å². The molecule has 0 aliphatic heterocycles. The fourth-order valence-electron chi connectivity index (χ4n) is 3.02. The van der Waals surface area contributed by atoms with Crippen LogP contribution in [0.5, 0.6) is 0 Å². The van der Waals surface area contributed by atoms with Crippen LogP contribution < -0.4 is 4.90 Å². The van der Waals surface area contributed by atoms with E-state index >= 15 is 0 Å². The molecular formula is C22H16BrN. The maximum Gasteiger partial charge on any atom is 0.0540 e. The third kappa shape index (κ3) is 2.81. The highest BCUT2D eigenvalue weighted by Crippen LogP contribution is 2.39. The van der Waals surface area contributed by atoms with E-state index in [1.165, 1.54) is 16.5 Å². The Labute approximate surface area is 150 Å². The Balaban J connectivity index is 1.99. The van der Waals surface area contributed by atoms with Crippen molar-refractivity contribution in [3.63, 3.8) is 0 Å². The Morgan fingerprint density at radius 1 is 0.583 bits per heavy atom. The minimum absolute atomic E-state index is 1.07. The van der Waals surface area contributed by atoms with Crippen LogP contribution in [0.25, 0.3) is 10.8 Å².